The van der Waals surface area contributed by atoms with E-state index >= 15 is 0 Å². The van der Waals surface area contributed by atoms with Gasteiger partial charge in [-0.15, -0.1) is 0 Å². The van der Waals surface area contributed by atoms with Crippen LogP contribution >= 0.6 is 0 Å². The summed E-state index contributed by atoms with van der Waals surface area (Å²) >= 11 is 0. The van der Waals surface area contributed by atoms with Crippen molar-refractivity contribution >= 4 is 71.6 Å². The SMILES string of the molecule is c1ccc(-c2cc(-c3ccccc3)cc(N(c3ccc(-c4cccc(-n5c6ccccc6c6ccccc65)c4)cc3)c3ccc(-c4cccc5c4oc4c6ccccc6ccc54)cc3)c2)cc1. The Morgan fingerprint density at radius 1 is 0.284 bits per heavy atom. The van der Waals surface area contributed by atoms with Crippen molar-refractivity contribution in [1.82, 2.24) is 4.57 Å². The number of furan rings is 1. The van der Waals surface area contributed by atoms with E-state index < -0.39 is 0 Å². The van der Waals surface area contributed by atoms with Crippen LogP contribution in [-0.2, 0) is 0 Å². The van der Waals surface area contributed by atoms with Crippen LogP contribution in [0.5, 0.6) is 0 Å². The summed E-state index contributed by atoms with van der Waals surface area (Å²) in [5, 5.41) is 7.07. The molecule has 13 rings (SSSR count). The third-order valence-corrected chi connectivity index (χ3v) is 13.4. The average molecular weight is 855 g/mol. The van der Waals surface area contributed by atoms with Gasteiger partial charge >= 0.3 is 0 Å². The molecule has 0 aliphatic carbocycles. The fraction of sp³-hybridized carbons (Fsp3) is 0. The molecule has 0 saturated heterocycles. The number of para-hydroxylation sites is 3. The first-order valence-corrected chi connectivity index (χ1v) is 22.9. The maximum atomic E-state index is 6.78. The van der Waals surface area contributed by atoms with Crippen LogP contribution in [0.3, 0.4) is 0 Å². The van der Waals surface area contributed by atoms with Gasteiger partial charge in [-0.25, -0.2) is 0 Å². The minimum Gasteiger partial charge on any atom is -0.455 e. The number of hydrogen-bond acceptors (Lipinski definition) is 2. The first-order chi connectivity index (χ1) is 33.2. The van der Waals surface area contributed by atoms with Crippen molar-refractivity contribution in [3.8, 4) is 50.2 Å². The molecule has 0 N–H and O–H groups in total. The van der Waals surface area contributed by atoms with Gasteiger partial charge in [0, 0.05) is 55.2 Å². The van der Waals surface area contributed by atoms with Crippen LogP contribution in [0.4, 0.5) is 17.1 Å². The van der Waals surface area contributed by atoms with Gasteiger partial charge in [0.2, 0.25) is 0 Å². The standard InChI is InChI=1S/C64H42N2O/c1-3-15-43(16-4-1)49-39-50(44-17-5-2-6-18-44)42-54(41-49)65(52-36-31-47(32-37-52)56-25-14-26-59-60-38-33-46-19-7-8-22-55(46)64(60)67-63(56)59)51-34-29-45(30-35-51)48-20-13-21-53(40-48)66-61-27-11-9-23-57(61)58-24-10-12-28-62(58)66/h1-42H. The molecule has 2 heterocycles. The van der Waals surface area contributed by atoms with Crippen LogP contribution in [0.15, 0.2) is 259 Å². The molecule has 0 amide bonds. The first-order valence-electron chi connectivity index (χ1n) is 22.9. The normalized spacial score (nSPS) is 11.6. The summed E-state index contributed by atoms with van der Waals surface area (Å²) in [6, 6.07) is 91.9. The van der Waals surface area contributed by atoms with Crippen molar-refractivity contribution in [2.45, 2.75) is 0 Å². The summed E-state index contributed by atoms with van der Waals surface area (Å²) in [5.41, 5.74) is 17.7. The second-order valence-electron chi connectivity index (χ2n) is 17.3. The average Bonchev–Trinajstić information content (AvgIpc) is 3.96. The van der Waals surface area contributed by atoms with Crippen molar-refractivity contribution in [3.63, 3.8) is 0 Å². The zero-order chi connectivity index (χ0) is 44.3. The highest BCUT2D eigenvalue weighted by atomic mass is 16.3. The Balaban J connectivity index is 0.937. The number of benzene rings is 11. The molecule has 0 atom stereocenters. The van der Waals surface area contributed by atoms with E-state index in [4.69, 9.17) is 4.42 Å². The summed E-state index contributed by atoms with van der Waals surface area (Å²) in [6.07, 6.45) is 0. The zero-order valence-corrected chi connectivity index (χ0v) is 36.6. The van der Waals surface area contributed by atoms with Crippen LogP contribution < -0.4 is 4.90 Å². The second kappa shape index (κ2) is 16.0. The third-order valence-electron chi connectivity index (χ3n) is 13.4. The van der Waals surface area contributed by atoms with Crippen molar-refractivity contribution < 1.29 is 4.42 Å². The predicted molar refractivity (Wildman–Crippen MR) is 282 cm³/mol. The van der Waals surface area contributed by atoms with Crippen LogP contribution in [0, 0.1) is 0 Å². The van der Waals surface area contributed by atoms with Gasteiger partial charge in [0.1, 0.15) is 11.2 Å². The molecular weight excluding hydrogens is 813 g/mol. The van der Waals surface area contributed by atoms with E-state index in [0.717, 1.165) is 83.5 Å². The van der Waals surface area contributed by atoms with Crippen LogP contribution in [0.2, 0.25) is 0 Å². The lowest BCUT2D eigenvalue weighted by Gasteiger charge is -2.27. The molecule has 0 unspecified atom stereocenters. The molecule has 0 saturated carbocycles. The molecule has 0 aliphatic rings. The number of hydrogen-bond donors (Lipinski definition) is 0. The van der Waals surface area contributed by atoms with Gasteiger partial charge in [-0.2, -0.15) is 0 Å². The summed E-state index contributed by atoms with van der Waals surface area (Å²) in [6.45, 7) is 0. The van der Waals surface area contributed by atoms with E-state index in [0.29, 0.717) is 0 Å². The van der Waals surface area contributed by atoms with Gasteiger partial charge in [-0.3, -0.25) is 0 Å². The van der Waals surface area contributed by atoms with Gasteiger partial charge in [0.15, 0.2) is 0 Å². The van der Waals surface area contributed by atoms with Crippen LogP contribution in [-0.4, -0.2) is 4.57 Å². The van der Waals surface area contributed by atoms with Gasteiger partial charge < -0.3 is 13.9 Å². The predicted octanol–water partition coefficient (Wildman–Crippen LogP) is 18.0. The Morgan fingerprint density at radius 3 is 1.45 bits per heavy atom. The van der Waals surface area contributed by atoms with Crippen molar-refractivity contribution in [2.75, 3.05) is 4.90 Å². The molecular formula is C64H42N2O. The molecule has 0 bridgehead atoms. The fourth-order valence-electron chi connectivity index (χ4n) is 10.2. The zero-order valence-electron chi connectivity index (χ0n) is 36.6. The maximum absolute atomic E-state index is 6.78. The largest absolute Gasteiger partial charge is 0.455 e. The molecule has 11 aromatic carbocycles. The summed E-state index contributed by atoms with van der Waals surface area (Å²) < 4.78 is 9.16. The maximum Gasteiger partial charge on any atom is 0.143 e. The molecule has 0 aliphatic heterocycles. The number of aromatic nitrogens is 1. The van der Waals surface area contributed by atoms with Crippen LogP contribution in [0.25, 0.3) is 105 Å². The minimum atomic E-state index is 0.902. The molecule has 314 valence electrons. The number of anilines is 3. The lowest BCUT2D eigenvalue weighted by atomic mass is 9.97. The van der Waals surface area contributed by atoms with E-state index in [1.165, 1.54) is 38.3 Å². The smallest absolute Gasteiger partial charge is 0.143 e. The molecule has 13 aromatic rings. The lowest BCUT2D eigenvalue weighted by molar-refractivity contribution is 0.674. The molecule has 0 fully saturated rings. The lowest BCUT2D eigenvalue weighted by Crippen LogP contribution is -2.10. The van der Waals surface area contributed by atoms with Gasteiger partial charge in [-0.1, -0.05) is 182 Å². The Kier molecular flexibility index (Phi) is 9.17. The molecule has 3 heteroatoms. The van der Waals surface area contributed by atoms with Gasteiger partial charge in [0.25, 0.3) is 0 Å². The fourth-order valence-corrected chi connectivity index (χ4v) is 10.2. The summed E-state index contributed by atoms with van der Waals surface area (Å²) in [4.78, 5) is 2.38. The molecule has 67 heavy (non-hydrogen) atoms. The van der Waals surface area contributed by atoms with Crippen LogP contribution in [0.1, 0.15) is 0 Å². The quantitative estimate of drug-likeness (QED) is 0.152. The van der Waals surface area contributed by atoms with Crippen molar-refractivity contribution in [1.29, 1.82) is 0 Å². The molecule has 3 nitrogen and oxygen atoms in total. The van der Waals surface area contributed by atoms with E-state index in [2.05, 4.69) is 264 Å². The third kappa shape index (κ3) is 6.67. The Bertz CT molecular complexity index is 3850. The summed E-state index contributed by atoms with van der Waals surface area (Å²) in [5.74, 6) is 0. The number of rotatable bonds is 8. The summed E-state index contributed by atoms with van der Waals surface area (Å²) in [7, 11) is 0. The van der Waals surface area contributed by atoms with E-state index in [-0.39, 0.29) is 0 Å². The van der Waals surface area contributed by atoms with Gasteiger partial charge in [0.05, 0.1) is 11.0 Å². The minimum absolute atomic E-state index is 0.902. The molecule has 0 spiro atoms. The van der Waals surface area contributed by atoms with E-state index in [9.17, 15) is 0 Å². The number of nitrogens with zero attached hydrogens (tertiary/aromatic N) is 2. The first kappa shape index (κ1) is 38.5. The Morgan fingerprint density at radius 2 is 0.791 bits per heavy atom. The second-order valence-corrected chi connectivity index (χ2v) is 17.3. The topological polar surface area (TPSA) is 21.3 Å². The number of fused-ring (bicyclic) bond motifs is 8. The Hall–Kier alpha value is -8.92. The van der Waals surface area contributed by atoms with Crippen molar-refractivity contribution in [3.05, 3.63) is 255 Å². The van der Waals surface area contributed by atoms with E-state index in [1.54, 1.807) is 0 Å². The highest BCUT2D eigenvalue weighted by Crippen LogP contribution is 2.43. The monoisotopic (exact) mass is 854 g/mol. The molecule has 0 radical (unpaired) electrons. The highest BCUT2D eigenvalue weighted by molar-refractivity contribution is 6.17. The van der Waals surface area contributed by atoms with Gasteiger partial charge in [-0.05, 0) is 117 Å². The highest BCUT2D eigenvalue weighted by Gasteiger charge is 2.19. The van der Waals surface area contributed by atoms with Crippen molar-refractivity contribution in [2.24, 2.45) is 0 Å². The Labute approximate surface area is 388 Å². The molecule has 2 aromatic heterocycles. The van der Waals surface area contributed by atoms with E-state index in [1.807, 2.05) is 0 Å².